The fourth-order valence-electron chi connectivity index (χ4n) is 4.50. The van der Waals surface area contributed by atoms with Crippen LogP contribution in [0.5, 0.6) is 0 Å². The number of hydrogen-bond donors (Lipinski definition) is 0. The summed E-state index contributed by atoms with van der Waals surface area (Å²) in [5.74, 6) is 0.0863. The van der Waals surface area contributed by atoms with Gasteiger partial charge in [-0.3, -0.25) is 14.6 Å². The van der Waals surface area contributed by atoms with Crippen LogP contribution in [-0.4, -0.2) is 98.5 Å². The van der Waals surface area contributed by atoms with Crippen molar-refractivity contribution in [1.82, 2.24) is 19.0 Å². The van der Waals surface area contributed by atoms with Gasteiger partial charge in [0.15, 0.2) is 0 Å². The third-order valence-electron chi connectivity index (χ3n) is 6.51. The Labute approximate surface area is 203 Å². The summed E-state index contributed by atoms with van der Waals surface area (Å²) in [6, 6.07) is 18.1. The molecular formula is C26H34N4O3S. The molecule has 0 saturated carbocycles. The summed E-state index contributed by atoms with van der Waals surface area (Å²) in [5, 5.41) is 0. The molecular weight excluding hydrogens is 448 g/mol. The van der Waals surface area contributed by atoms with Gasteiger partial charge >= 0.3 is 0 Å². The van der Waals surface area contributed by atoms with E-state index in [1.54, 1.807) is 0 Å². The van der Waals surface area contributed by atoms with Crippen molar-refractivity contribution in [2.75, 3.05) is 65.2 Å². The number of rotatable bonds is 7. The highest BCUT2D eigenvalue weighted by molar-refractivity contribution is 7.88. The Morgan fingerprint density at radius 1 is 0.853 bits per heavy atom. The lowest BCUT2D eigenvalue weighted by Gasteiger charge is -2.34. The molecule has 0 aromatic heterocycles. The predicted octanol–water partition coefficient (Wildman–Crippen LogP) is 2.23. The van der Waals surface area contributed by atoms with Crippen LogP contribution in [-0.2, 0) is 16.6 Å². The van der Waals surface area contributed by atoms with E-state index < -0.39 is 10.0 Å². The van der Waals surface area contributed by atoms with Crippen LogP contribution in [0.1, 0.15) is 21.5 Å². The highest BCUT2D eigenvalue weighted by atomic mass is 32.2. The third kappa shape index (κ3) is 6.76. The van der Waals surface area contributed by atoms with Crippen molar-refractivity contribution in [3.63, 3.8) is 0 Å². The molecule has 34 heavy (non-hydrogen) atoms. The molecule has 0 atom stereocenters. The van der Waals surface area contributed by atoms with E-state index in [0.717, 1.165) is 50.4 Å². The summed E-state index contributed by atoms with van der Waals surface area (Å²) in [6.45, 7) is 7.25. The lowest BCUT2D eigenvalue weighted by atomic mass is 10.1. The first kappa shape index (κ1) is 24.6. The standard InChI is InChI=1S/C26H34N4O3S/c1-34(32,33)30-19-15-28(16-20-30)22-24-9-5-11-25(21-24)26(31)29-17-13-27(14-18-29)12-6-10-23-7-3-2-4-8-23/h2-11,21H,12-20,22H2,1H3/b10-6+. The van der Waals surface area contributed by atoms with Gasteiger partial charge in [-0.15, -0.1) is 0 Å². The summed E-state index contributed by atoms with van der Waals surface area (Å²) in [5.41, 5.74) is 3.02. The van der Waals surface area contributed by atoms with E-state index in [9.17, 15) is 13.2 Å². The molecule has 0 spiro atoms. The molecule has 2 aliphatic heterocycles. The maximum absolute atomic E-state index is 13.1. The Morgan fingerprint density at radius 2 is 1.53 bits per heavy atom. The number of piperazine rings is 2. The van der Waals surface area contributed by atoms with E-state index in [0.29, 0.717) is 26.2 Å². The van der Waals surface area contributed by atoms with Crippen LogP contribution in [0.3, 0.4) is 0 Å². The van der Waals surface area contributed by atoms with Gasteiger partial charge < -0.3 is 4.90 Å². The number of benzene rings is 2. The maximum Gasteiger partial charge on any atom is 0.253 e. The van der Waals surface area contributed by atoms with Crippen molar-refractivity contribution in [3.8, 4) is 0 Å². The van der Waals surface area contributed by atoms with Gasteiger partial charge in [-0.05, 0) is 23.3 Å². The molecule has 2 heterocycles. The van der Waals surface area contributed by atoms with Crippen LogP contribution < -0.4 is 0 Å². The van der Waals surface area contributed by atoms with Crippen LogP contribution in [0.4, 0.5) is 0 Å². The van der Waals surface area contributed by atoms with Gasteiger partial charge in [-0.2, -0.15) is 4.31 Å². The molecule has 1 amide bonds. The zero-order valence-corrected chi connectivity index (χ0v) is 20.7. The quantitative estimate of drug-likeness (QED) is 0.606. The topological polar surface area (TPSA) is 64.2 Å². The minimum Gasteiger partial charge on any atom is -0.336 e. The van der Waals surface area contributed by atoms with Gasteiger partial charge in [0.2, 0.25) is 10.0 Å². The average molecular weight is 483 g/mol. The minimum absolute atomic E-state index is 0.0863. The van der Waals surface area contributed by atoms with Gasteiger partial charge in [0.25, 0.3) is 5.91 Å². The fourth-order valence-corrected chi connectivity index (χ4v) is 5.32. The number of nitrogens with zero attached hydrogens (tertiary/aromatic N) is 4. The molecule has 7 nitrogen and oxygen atoms in total. The first-order chi connectivity index (χ1) is 16.4. The summed E-state index contributed by atoms with van der Waals surface area (Å²) in [6.07, 6.45) is 5.59. The van der Waals surface area contributed by atoms with Crippen molar-refractivity contribution in [3.05, 3.63) is 77.4 Å². The molecule has 2 aliphatic rings. The molecule has 2 aromatic rings. The monoisotopic (exact) mass is 482 g/mol. The molecule has 2 saturated heterocycles. The van der Waals surface area contributed by atoms with Crippen molar-refractivity contribution in [1.29, 1.82) is 0 Å². The number of carbonyl (C=O) groups excluding carboxylic acids is 1. The first-order valence-electron chi connectivity index (χ1n) is 11.9. The van der Waals surface area contributed by atoms with E-state index in [1.807, 2.05) is 47.4 Å². The summed E-state index contributed by atoms with van der Waals surface area (Å²) >= 11 is 0. The fraction of sp³-hybridized carbons (Fsp3) is 0.423. The van der Waals surface area contributed by atoms with Crippen molar-refractivity contribution >= 4 is 22.0 Å². The van der Waals surface area contributed by atoms with Crippen LogP contribution in [0.2, 0.25) is 0 Å². The van der Waals surface area contributed by atoms with Crippen LogP contribution >= 0.6 is 0 Å². The molecule has 4 rings (SSSR count). The second-order valence-electron chi connectivity index (χ2n) is 9.04. The second kappa shape index (κ2) is 11.3. The SMILES string of the molecule is CS(=O)(=O)N1CCN(Cc2cccc(C(=O)N3CCN(C/C=C/c4ccccc4)CC3)c2)CC1. The Bertz CT molecular complexity index is 1090. The van der Waals surface area contributed by atoms with Gasteiger partial charge in [-0.1, -0.05) is 54.6 Å². The Kier molecular flexibility index (Phi) is 8.15. The Morgan fingerprint density at radius 3 is 2.21 bits per heavy atom. The summed E-state index contributed by atoms with van der Waals surface area (Å²) in [7, 11) is -3.13. The van der Waals surface area contributed by atoms with Crippen LogP contribution in [0.15, 0.2) is 60.7 Å². The van der Waals surface area contributed by atoms with Crippen molar-refractivity contribution in [2.45, 2.75) is 6.54 Å². The van der Waals surface area contributed by atoms with Gasteiger partial charge in [0.1, 0.15) is 0 Å². The van der Waals surface area contributed by atoms with E-state index in [4.69, 9.17) is 0 Å². The van der Waals surface area contributed by atoms with Gasteiger partial charge in [0.05, 0.1) is 6.26 Å². The number of carbonyl (C=O) groups is 1. The molecule has 0 aliphatic carbocycles. The minimum atomic E-state index is -3.13. The maximum atomic E-state index is 13.1. The number of hydrogen-bond acceptors (Lipinski definition) is 5. The van der Waals surface area contributed by atoms with E-state index in [-0.39, 0.29) is 5.91 Å². The largest absolute Gasteiger partial charge is 0.336 e. The zero-order valence-electron chi connectivity index (χ0n) is 19.8. The molecule has 0 N–H and O–H groups in total. The van der Waals surface area contributed by atoms with Crippen LogP contribution in [0.25, 0.3) is 6.08 Å². The normalized spacial score (nSPS) is 19.0. The summed E-state index contributed by atoms with van der Waals surface area (Å²) < 4.78 is 25.0. The Hall–Kier alpha value is -2.52. The van der Waals surface area contributed by atoms with Crippen molar-refractivity contribution < 1.29 is 13.2 Å². The number of sulfonamides is 1. The Balaban J connectivity index is 1.25. The van der Waals surface area contributed by atoms with Crippen molar-refractivity contribution in [2.24, 2.45) is 0 Å². The number of amides is 1. The van der Waals surface area contributed by atoms with E-state index >= 15 is 0 Å². The summed E-state index contributed by atoms with van der Waals surface area (Å²) in [4.78, 5) is 19.7. The lowest BCUT2D eigenvalue weighted by Crippen LogP contribution is -2.48. The van der Waals surface area contributed by atoms with E-state index in [1.165, 1.54) is 16.1 Å². The van der Waals surface area contributed by atoms with Crippen LogP contribution in [0, 0.1) is 0 Å². The predicted molar refractivity (Wildman–Crippen MR) is 136 cm³/mol. The highest BCUT2D eigenvalue weighted by Crippen LogP contribution is 2.15. The highest BCUT2D eigenvalue weighted by Gasteiger charge is 2.24. The smallest absolute Gasteiger partial charge is 0.253 e. The average Bonchev–Trinajstić information content (AvgIpc) is 2.85. The van der Waals surface area contributed by atoms with E-state index in [2.05, 4.69) is 34.1 Å². The van der Waals surface area contributed by atoms with Gasteiger partial charge in [-0.25, -0.2) is 8.42 Å². The molecule has 8 heteroatoms. The molecule has 0 unspecified atom stereocenters. The third-order valence-corrected chi connectivity index (χ3v) is 7.82. The zero-order chi connectivity index (χ0) is 24.0. The molecule has 0 bridgehead atoms. The lowest BCUT2D eigenvalue weighted by molar-refractivity contribution is 0.0650. The molecule has 2 fully saturated rings. The molecule has 182 valence electrons. The van der Waals surface area contributed by atoms with Gasteiger partial charge in [0, 0.05) is 71.0 Å². The molecule has 2 aromatic carbocycles. The molecule has 0 radical (unpaired) electrons. The first-order valence-corrected chi connectivity index (χ1v) is 13.7. The second-order valence-corrected chi connectivity index (χ2v) is 11.0.